The van der Waals surface area contributed by atoms with Crippen LogP contribution in [0.2, 0.25) is 5.02 Å². The van der Waals surface area contributed by atoms with Gasteiger partial charge in [-0.1, -0.05) is 30.7 Å². The van der Waals surface area contributed by atoms with Crippen molar-refractivity contribution in [2.45, 2.75) is 26.0 Å². The maximum absolute atomic E-state index is 12.7. The van der Waals surface area contributed by atoms with E-state index in [-0.39, 0.29) is 12.1 Å². The third-order valence-corrected chi connectivity index (χ3v) is 4.41. The normalized spacial score (nSPS) is 16.0. The molecule has 2 aromatic carbocycles. The first-order valence-corrected chi connectivity index (χ1v) is 8.63. The van der Waals surface area contributed by atoms with Crippen LogP contribution in [0.15, 0.2) is 42.5 Å². The predicted octanol–water partition coefficient (Wildman–Crippen LogP) is 4.24. The molecule has 0 radical (unpaired) electrons. The number of hydrogen-bond acceptors (Lipinski definition) is 3. The molecular weight excluding hydrogens is 340 g/mol. The van der Waals surface area contributed by atoms with Crippen molar-refractivity contribution in [1.29, 1.82) is 0 Å². The number of ether oxygens (including phenoxy) is 2. The van der Waals surface area contributed by atoms with Crippen molar-refractivity contribution in [2.75, 3.05) is 18.6 Å². The van der Waals surface area contributed by atoms with Gasteiger partial charge in [-0.15, -0.1) is 0 Å². The highest BCUT2D eigenvalue weighted by Gasteiger charge is 2.29. The second kappa shape index (κ2) is 7.66. The number of hydrogen-bond donors (Lipinski definition) is 1. The van der Waals surface area contributed by atoms with E-state index in [4.69, 9.17) is 21.1 Å². The van der Waals surface area contributed by atoms with Gasteiger partial charge in [0.05, 0.1) is 19.3 Å². The second-order valence-electron chi connectivity index (χ2n) is 5.88. The molecule has 0 fully saturated rings. The van der Waals surface area contributed by atoms with Gasteiger partial charge in [0.15, 0.2) is 0 Å². The van der Waals surface area contributed by atoms with Crippen molar-refractivity contribution in [1.82, 2.24) is 5.32 Å². The monoisotopic (exact) mass is 360 g/mol. The number of anilines is 1. The Morgan fingerprint density at radius 3 is 2.96 bits per heavy atom. The molecule has 1 N–H and O–H groups in total. The maximum atomic E-state index is 12.7. The Labute approximate surface area is 152 Å². The fourth-order valence-electron chi connectivity index (χ4n) is 2.78. The van der Waals surface area contributed by atoms with E-state index in [1.807, 2.05) is 37.3 Å². The molecule has 2 amide bonds. The Morgan fingerprint density at radius 1 is 1.36 bits per heavy atom. The van der Waals surface area contributed by atoms with Gasteiger partial charge in [0.25, 0.3) is 0 Å². The van der Waals surface area contributed by atoms with Gasteiger partial charge in [0.2, 0.25) is 0 Å². The highest BCUT2D eigenvalue weighted by molar-refractivity contribution is 6.31. The van der Waals surface area contributed by atoms with E-state index in [9.17, 15) is 4.79 Å². The third-order valence-electron chi connectivity index (χ3n) is 4.17. The minimum atomic E-state index is -0.173. The summed E-state index contributed by atoms with van der Waals surface area (Å²) in [5.41, 5.74) is 1.67. The van der Waals surface area contributed by atoms with Crippen molar-refractivity contribution in [3.63, 3.8) is 0 Å². The first-order chi connectivity index (χ1) is 12.1. The van der Waals surface area contributed by atoms with Crippen molar-refractivity contribution < 1.29 is 14.3 Å². The molecule has 0 saturated carbocycles. The zero-order valence-electron chi connectivity index (χ0n) is 14.3. The summed E-state index contributed by atoms with van der Waals surface area (Å²) < 4.78 is 11.1. The van der Waals surface area contributed by atoms with Crippen LogP contribution in [0, 0.1) is 0 Å². The Bertz CT molecular complexity index is 766. The van der Waals surface area contributed by atoms with E-state index >= 15 is 0 Å². The molecule has 1 atom stereocenters. The molecule has 0 unspecified atom stereocenters. The number of fused-ring (bicyclic) bond motifs is 1. The van der Waals surface area contributed by atoms with E-state index in [1.165, 1.54) is 0 Å². The summed E-state index contributed by atoms with van der Waals surface area (Å²) in [6.45, 7) is 2.95. The van der Waals surface area contributed by atoms with Crippen LogP contribution in [0.3, 0.4) is 0 Å². The van der Waals surface area contributed by atoms with Gasteiger partial charge in [-0.25, -0.2) is 4.79 Å². The average Bonchev–Trinajstić information content (AvgIpc) is 2.65. The number of amides is 2. The number of urea groups is 1. The second-order valence-corrected chi connectivity index (χ2v) is 6.32. The summed E-state index contributed by atoms with van der Waals surface area (Å²) in [5.74, 6) is 1.44. The molecule has 0 aromatic heterocycles. The van der Waals surface area contributed by atoms with Crippen LogP contribution in [0.5, 0.6) is 11.5 Å². The van der Waals surface area contributed by atoms with Crippen molar-refractivity contribution in [3.05, 3.63) is 53.1 Å². The summed E-state index contributed by atoms with van der Waals surface area (Å²) in [5, 5.41) is 3.53. The standard InChI is InChI=1S/C19H21ClN2O3/c1-3-15-12-22(17-10-14(20)7-8-18(17)25-15)19(23)21-11-13-5-4-6-16(9-13)24-2/h4-10,15H,3,11-12H2,1-2H3,(H,21,23)/t15-/m0/s1. The minimum absolute atomic E-state index is 0.0313. The van der Waals surface area contributed by atoms with Gasteiger partial charge >= 0.3 is 6.03 Å². The minimum Gasteiger partial charge on any atom is -0.497 e. The molecule has 6 heteroatoms. The van der Waals surface area contributed by atoms with Crippen LogP contribution in [-0.2, 0) is 6.54 Å². The molecule has 1 aliphatic heterocycles. The van der Waals surface area contributed by atoms with E-state index in [0.29, 0.717) is 29.5 Å². The van der Waals surface area contributed by atoms with Crippen LogP contribution in [0.25, 0.3) is 0 Å². The summed E-state index contributed by atoms with van der Waals surface area (Å²) in [4.78, 5) is 14.4. The fourth-order valence-corrected chi connectivity index (χ4v) is 2.95. The highest BCUT2D eigenvalue weighted by atomic mass is 35.5. The highest BCUT2D eigenvalue weighted by Crippen LogP contribution is 2.36. The van der Waals surface area contributed by atoms with E-state index in [2.05, 4.69) is 5.32 Å². The SMILES string of the molecule is CC[C@H]1CN(C(=O)NCc2cccc(OC)c2)c2cc(Cl)ccc2O1. The number of halogens is 1. The van der Waals surface area contributed by atoms with E-state index in [1.54, 1.807) is 24.1 Å². The van der Waals surface area contributed by atoms with Crippen LogP contribution in [0.1, 0.15) is 18.9 Å². The lowest BCUT2D eigenvalue weighted by atomic mass is 10.1. The van der Waals surface area contributed by atoms with Gasteiger partial charge in [0.1, 0.15) is 17.6 Å². The Hall–Kier alpha value is -2.40. The quantitative estimate of drug-likeness (QED) is 0.887. The molecule has 0 bridgehead atoms. The number of nitrogens with zero attached hydrogens (tertiary/aromatic N) is 1. The smallest absolute Gasteiger partial charge is 0.322 e. The van der Waals surface area contributed by atoms with Crippen LogP contribution in [0.4, 0.5) is 10.5 Å². The summed E-state index contributed by atoms with van der Waals surface area (Å²) >= 11 is 6.10. The van der Waals surface area contributed by atoms with Gasteiger partial charge in [0, 0.05) is 11.6 Å². The predicted molar refractivity (Wildman–Crippen MR) is 98.7 cm³/mol. The lowest BCUT2D eigenvalue weighted by Gasteiger charge is -2.34. The van der Waals surface area contributed by atoms with Crippen LogP contribution in [-0.4, -0.2) is 25.8 Å². The average molecular weight is 361 g/mol. The Morgan fingerprint density at radius 2 is 2.20 bits per heavy atom. The number of carbonyl (C=O) groups excluding carboxylic acids is 1. The molecule has 25 heavy (non-hydrogen) atoms. The summed E-state index contributed by atoms with van der Waals surface area (Å²) in [6, 6.07) is 12.8. The molecule has 1 aliphatic rings. The largest absolute Gasteiger partial charge is 0.497 e. The molecule has 0 saturated heterocycles. The molecular formula is C19H21ClN2O3. The van der Waals surface area contributed by atoms with Gasteiger partial charge in [-0.05, 0) is 42.3 Å². The topological polar surface area (TPSA) is 50.8 Å². The third kappa shape index (κ3) is 3.99. The molecule has 5 nitrogen and oxygen atoms in total. The molecule has 1 heterocycles. The molecule has 2 aromatic rings. The number of carbonyl (C=O) groups is 1. The van der Waals surface area contributed by atoms with Crippen LogP contribution >= 0.6 is 11.6 Å². The Kier molecular flexibility index (Phi) is 5.34. The van der Waals surface area contributed by atoms with Gasteiger partial charge in [-0.2, -0.15) is 0 Å². The first-order valence-electron chi connectivity index (χ1n) is 8.25. The molecule has 3 rings (SSSR count). The lowest BCUT2D eigenvalue weighted by Crippen LogP contribution is -2.47. The van der Waals surface area contributed by atoms with Crippen molar-refractivity contribution in [2.24, 2.45) is 0 Å². The first kappa shape index (κ1) is 17.4. The van der Waals surface area contributed by atoms with E-state index < -0.39 is 0 Å². The lowest BCUT2D eigenvalue weighted by molar-refractivity contribution is 0.186. The van der Waals surface area contributed by atoms with E-state index in [0.717, 1.165) is 17.7 Å². The summed E-state index contributed by atoms with van der Waals surface area (Å²) in [6.07, 6.45) is 0.790. The van der Waals surface area contributed by atoms with Crippen molar-refractivity contribution in [3.8, 4) is 11.5 Å². The zero-order chi connectivity index (χ0) is 17.8. The number of nitrogens with one attached hydrogen (secondary N) is 1. The van der Waals surface area contributed by atoms with Crippen LogP contribution < -0.4 is 19.7 Å². The Balaban J connectivity index is 1.75. The van der Waals surface area contributed by atoms with Crippen molar-refractivity contribution >= 4 is 23.3 Å². The summed E-state index contributed by atoms with van der Waals surface area (Å²) in [7, 11) is 1.62. The number of methoxy groups -OCH3 is 1. The number of benzene rings is 2. The molecule has 132 valence electrons. The fraction of sp³-hybridized carbons (Fsp3) is 0.316. The number of rotatable bonds is 4. The molecule has 0 aliphatic carbocycles. The van der Waals surface area contributed by atoms with Gasteiger partial charge in [-0.3, -0.25) is 4.90 Å². The molecule has 0 spiro atoms. The zero-order valence-corrected chi connectivity index (χ0v) is 15.0. The van der Waals surface area contributed by atoms with Gasteiger partial charge < -0.3 is 14.8 Å². The maximum Gasteiger partial charge on any atom is 0.322 e.